The quantitative estimate of drug-likeness (QED) is 0.556. The summed E-state index contributed by atoms with van der Waals surface area (Å²) in [6, 6.07) is 16.2. The highest BCUT2D eigenvalue weighted by molar-refractivity contribution is 7.99. The van der Waals surface area contributed by atoms with Crippen molar-refractivity contribution in [2.75, 3.05) is 5.94 Å². The van der Waals surface area contributed by atoms with E-state index in [2.05, 4.69) is 31.2 Å². The van der Waals surface area contributed by atoms with E-state index in [4.69, 9.17) is 9.47 Å². The lowest BCUT2D eigenvalue weighted by molar-refractivity contribution is 0.228. The molecule has 3 heteroatoms. The molecule has 0 N–H and O–H groups in total. The van der Waals surface area contributed by atoms with Gasteiger partial charge in [0.1, 0.15) is 5.94 Å². The van der Waals surface area contributed by atoms with Crippen LogP contribution in [0, 0.1) is 6.92 Å². The molecule has 0 aliphatic heterocycles. The Morgan fingerprint density at radius 3 is 2.25 bits per heavy atom. The van der Waals surface area contributed by atoms with E-state index in [-0.39, 0.29) is 6.10 Å². The number of rotatable bonds is 6. The molecular formula is C17H20O2S. The monoisotopic (exact) mass is 288 g/mol. The predicted octanol–water partition coefficient (Wildman–Crippen LogP) is 4.91. The third-order valence-electron chi connectivity index (χ3n) is 2.67. The van der Waals surface area contributed by atoms with Gasteiger partial charge in [0, 0.05) is 4.90 Å². The lowest BCUT2D eigenvalue weighted by atomic mass is 10.2. The summed E-state index contributed by atoms with van der Waals surface area (Å²) in [5.74, 6) is 2.16. The Bertz CT molecular complexity index is 535. The largest absolute Gasteiger partial charge is 0.487 e. The number of benzene rings is 2. The van der Waals surface area contributed by atoms with Gasteiger partial charge in [0.2, 0.25) is 0 Å². The molecule has 0 aliphatic rings. The van der Waals surface area contributed by atoms with Crippen molar-refractivity contribution in [2.45, 2.75) is 31.8 Å². The summed E-state index contributed by atoms with van der Waals surface area (Å²) in [6.07, 6.45) is 0.143. The molecule has 0 atom stereocenters. The fourth-order valence-electron chi connectivity index (χ4n) is 1.72. The van der Waals surface area contributed by atoms with Crippen molar-refractivity contribution >= 4 is 11.8 Å². The summed E-state index contributed by atoms with van der Waals surface area (Å²) in [4.78, 5) is 1.21. The summed E-state index contributed by atoms with van der Waals surface area (Å²) in [5, 5.41) is 0. The van der Waals surface area contributed by atoms with Gasteiger partial charge in [-0.1, -0.05) is 41.6 Å². The maximum atomic E-state index is 5.81. The van der Waals surface area contributed by atoms with E-state index >= 15 is 0 Å². The second-order valence-corrected chi connectivity index (χ2v) is 5.83. The van der Waals surface area contributed by atoms with E-state index in [1.165, 1.54) is 10.5 Å². The smallest absolute Gasteiger partial charge is 0.162 e. The molecule has 2 nitrogen and oxygen atoms in total. The van der Waals surface area contributed by atoms with Crippen molar-refractivity contribution in [3.05, 3.63) is 54.1 Å². The van der Waals surface area contributed by atoms with Gasteiger partial charge in [-0.15, -0.1) is 0 Å². The first-order valence-corrected chi connectivity index (χ1v) is 7.71. The zero-order valence-electron chi connectivity index (χ0n) is 12.1. The SMILES string of the molecule is Cc1ccc(SCOc2ccccc2OC(C)C)cc1. The summed E-state index contributed by atoms with van der Waals surface area (Å²) in [6.45, 7) is 6.11. The second-order valence-electron chi connectivity index (χ2n) is 4.83. The van der Waals surface area contributed by atoms with Crippen LogP contribution in [0.2, 0.25) is 0 Å². The first kappa shape index (κ1) is 14.8. The molecule has 0 aromatic heterocycles. The van der Waals surface area contributed by atoms with Crippen LogP contribution < -0.4 is 9.47 Å². The van der Waals surface area contributed by atoms with Gasteiger partial charge in [-0.25, -0.2) is 0 Å². The van der Waals surface area contributed by atoms with Gasteiger partial charge in [0.05, 0.1) is 6.10 Å². The van der Waals surface area contributed by atoms with Crippen LogP contribution in [-0.4, -0.2) is 12.0 Å². The van der Waals surface area contributed by atoms with Crippen LogP contribution in [-0.2, 0) is 0 Å². The number of thioether (sulfide) groups is 1. The predicted molar refractivity (Wildman–Crippen MR) is 84.7 cm³/mol. The minimum Gasteiger partial charge on any atom is -0.487 e. The van der Waals surface area contributed by atoms with E-state index in [1.54, 1.807) is 11.8 Å². The third-order valence-corrected chi connectivity index (χ3v) is 3.51. The van der Waals surface area contributed by atoms with Crippen molar-refractivity contribution < 1.29 is 9.47 Å². The Labute approximate surface area is 125 Å². The summed E-state index contributed by atoms with van der Waals surface area (Å²) >= 11 is 1.67. The van der Waals surface area contributed by atoms with Gasteiger partial charge in [0.25, 0.3) is 0 Å². The average Bonchev–Trinajstić information content (AvgIpc) is 2.42. The molecule has 0 radical (unpaired) electrons. The normalized spacial score (nSPS) is 10.6. The molecule has 2 aromatic rings. The number of para-hydroxylation sites is 2. The lowest BCUT2D eigenvalue weighted by Gasteiger charge is -2.14. The fourth-order valence-corrected chi connectivity index (χ4v) is 2.37. The van der Waals surface area contributed by atoms with Crippen molar-refractivity contribution in [3.8, 4) is 11.5 Å². The zero-order chi connectivity index (χ0) is 14.4. The Kier molecular flexibility index (Phi) is 5.36. The van der Waals surface area contributed by atoms with Crippen LogP contribution in [0.1, 0.15) is 19.4 Å². The van der Waals surface area contributed by atoms with Gasteiger partial charge >= 0.3 is 0 Å². The number of hydrogen-bond acceptors (Lipinski definition) is 3. The minimum atomic E-state index is 0.143. The molecule has 0 amide bonds. The van der Waals surface area contributed by atoms with Crippen LogP contribution >= 0.6 is 11.8 Å². The highest BCUT2D eigenvalue weighted by Crippen LogP contribution is 2.29. The van der Waals surface area contributed by atoms with Crippen molar-refractivity contribution in [2.24, 2.45) is 0 Å². The highest BCUT2D eigenvalue weighted by atomic mass is 32.2. The molecule has 0 aliphatic carbocycles. The first-order chi connectivity index (χ1) is 9.65. The van der Waals surface area contributed by atoms with Crippen LogP contribution in [0.3, 0.4) is 0 Å². The van der Waals surface area contributed by atoms with E-state index < -0.39 is 0 Å². The zero-order valence-corrected chi connectivity index (χ0v) is 12.9. The Balaban J connectivity index is 1.92. The molecule has 0 unspecified atom stereocenters. The molecule has 106 valence electrons. The topological polar surface area (TPSA) is 18.5 Å². The van der Waals surface area contributed by atoms with E-state index in [0.29, 0.717) is 5.94 Å². The Morgan fingerprint density at radius 1 is 0.950 bits per heavy atom. The van der Waals surface area contributed by atoms with Gasteiger partial charge in [-0.05, 0) is 45.0 Å². The molecule has 2 aromatic carbocycles. The van der Waals surface area contributed by atoms with Crippen molar-refractivity contribution in [1.82, 2.24) is 0 Å². The number of ether oxygens (including phenoxy) is 2. The van der Waals surface area contributed by atoms with Crippen molar-refractivity contribution in [3.63, 3.8) is 0 Å². The third kappa shape index (κ3) is 4.49. The second kappa shape index (κ2) is 7.25. The summed E-state index contributed by atoms with van der Waals surface area (Å²) in [5.41, 5.74) is 1.27. The Morgan fingerprint density at radius 2 is 1.60 bits per heavy atom. The molecule has 0 spiro atoms. The van der Waals surface area contributed by atoms with E-state index in [1.807, 2.05) is 38.1 Å². The molecule has 0 bridgehead atoms. The van der Waals surface area contributed by atoms with Crippen LogP contribution in [0.4, 0.5) is 0 Å². The Hall–Kier alpha value is -1.61. The summed E-state index contributed by atoms with van der Waals surface area (Å²) in [7, 11) is 0. The maximum absolute atomic E-state index is 5.81. The average molecular weight is 288 g/mol. The van der Waals surface area contributed by atoms with Gasteiger partial charge in [0.15, 0.2) is 11.5 Å². The first-order valence-electron chi connectivity index (χ1n) is 6.73. The minimum absolute atomic E-state index is 0.143. The van der Waals surface area contributed by atoms with E-state index in [0.717, 1.165) is 11.5 Å². The highest BCUT2D eigenvalue weighted by Gasteiger charge is 2.06. The number of aryl methyl sites for hydroxylation is 1. The van der Waals surface area contributed by atoms with Gasteiger partial charge in [-0.2, -0.15) is 0 Å². The molecule has 0 saturated heterocycles. The van der Waals surface area contributed by atoms with Crippen LogP contribution in [0.5, 0.6) is 11.5 Å². The fraction of sp³-hybridized carbons (Fsp3) is 0.294. The lowest BCUT2D eigenvalue weighted by Crippen LogP contribution is -2.07. The molecule has 0 heterocycles. The maximum Gasteiger partial charge on any atom is 0.162 e. The molecule has 2 rings (SSSR count). The van der Waals surface area contributed by atoms with Crippen molar-refractivity contribution in [1.29, 1.82) is 0 Å². The molecule has 0 saturated carbocycles. The summed E-state index contributed by atoms with van der Waals surface area (Å²) < 4.78 is 11.5. The van der Waals surface area contributed by atoms with E-state index in [9.17, 15) is 0 Å². The molecule has 20 heavy (non-hydrogen) atoms. The molecular weight excluding hydrogens is 268 g/mol. The van der Waals surface area contributed by atoms with Crippen LogP contribution in [0.15, 0.2) is 53.4 Å². The van der Waals surface area contributed by atoms with Crippen LogP contribution in [0.25, 0.3) is 0 Å². The number of hydrogen-bond donors (Lipinski definition) is 0. The standard InChI is InChI=1S/C17H20O2S/c1-13(2)19-17-7-5-4-6-16(17)18-12-20-15-10-8-14(3)9-11-15/h4-11,13H,12H2,1-3H3. The van der Waals surface area contributed by atoms with Gasteiger partial charge in [-0.3, -0.25) is 0 Å². The molecule has 0 fully saturated rings. The van der Waals surface area contributed by atoms with Gasteiger partial charge < -0.3 is 9.47 Å².